The predicted octanol–water partition coefficient (Wildman–Crippen LogP) is 3.96. The monoisotopic (exact) mass is 270 g/mol. The topological polar surface area (TPSA) is 35.0 Å². The van der Waals surface area contributed by atoms with Gasteiger partial charge in [-0.2, -0.15) is 0 Å². The molecule has 0 spiro atoms. The van der Waals surface area contributed by atoms with E-state index in [2.05, 4.69) is 9.97 Å². The van der Waals surface area contributed by atoms with E-state index in [1.54, 1.807) is 7.11 Å². The highest BCUT2D eigenvalue weighted by Gasteiger charge is 2.12. The van der Waals surface area contributed by atoms with Crippen LogP contribution in [0.3, 0.4) is 0 Å². The number of benzene rings is 2. The van der Waals surface area contributed by atoms with E-state index in [-0.39, 0.29) is 0 Å². The Morgan fingerprint density at radius 1 is 0.895 bits per heavy atom. The van der Waals surface area contributed by atoms with Crippen LogP contribution in [0.15, 0.2) is 48.5 Å². The van der Waals surface area contributed by atoms with Crippen LogP contribution in [-0.2, 0) is 0 Å². The molecular weight excluding hydrogens is 260 g/mol. The summed E-state index contributed by atoms with van der Waals surface area (Å²) in [6.45, 7) is 0. The minimum Gasteiger partial charge on any atom is -0.496 e. The molecule has 0 amide bonds. The summed E-state index contributed by atoms with van der Waals surface area (Å²) in [6, 6.07) is 15.3. The molecule has 0 atom stereocenters. The van der Waals surface area contributed by atoms with E-state index in [0.717, 1.165) is 22.3 Å². The third-order valence-corrected chi connectivity index (χ3v) is 3.15. The fourth-order valence-corrected chi connectivity index (χ4v) is 2.23. The number of para-hydroxylation sites is 3. The highest BCUT2D eigenvalue weighted by molar-refractivity contribution is 6.32. The Morgan fingerprint density at radius 2 is 1.53 bits per heavy atom. The van der Waals surface area contributed by atoms with Crippen molar-refractivity contribution in [3.63, 3.8) is 0 Å². The SMILES string of the molecule is COc1ccccc1-c1nc2ccccc2nc1Cl. The van der Waals surface area contributed by atoms with E-state index >= 15 is 0 Å². The number of rotatable bonds is 2. The van der Waals surface area contributed by atoms with Crippen molar-refractivity contribution in [3.05, 3.63) is 53.7 Å². The first-order valence-electron chi connectivity index (χ1n) is 5.85. The van der Waals surface area contributed by atoms with Gasteiger partial charge in [-0.3, -0.25) is 0 Å². The molecule has 4 heteroatoms. The molecular formula is C15H11ClN2O. The Balaban J connectivity index is 2.27. The number of hydrogen-bond donors (Lipinski definition) is 0. The molecule has 0 unspecified atom stereocenters. The summed E-state index contributed by atoms with van der Waals surface area (Å²) in [5.74, 6) is 0.731. The largest absolute Gasteiger partial charge is 0.496 e. The van der Waals surface area contributed by atoms with Gasteiger partial charge in [-0.1, -0.05) is 35.9 Å². The van der Waals surface area contributed by atoms with Crippen LogP contribution in [0.25, 0.3) is 22.3 Å². The van der Waals surface area contributed by atoms with Gasteiger partial charge in [0.2, 0.25) is 0 Å². The molecule has 2 aromatic carbocycles. The summed E-state index contributed by atoms with van der Waals surface area (Å²) in [4.78, 5) is 8.95. The van der Waals surface area contributed by atoms with Crippen LogP contribution in [-0.4, -0.2) is 17.1 Å². The summed E-state index contributed by atoms with van der Waals surface area (Å²) < 4.78 is 5.34. The van der Waals surface area contributed by atoms with Gasteiger partial charge < -0.3 is 4.74 Å². The van der Waals surface area contributed by atoms with Crippen LogP contribution in [0, 0.1) is 0 Å². The molecule has 0 aliphatic carbocycles. The summed E-state index contributed by atoms with van der Waals surface area (Å²) in [5.41, 5.74) is 3.07. The zero-order valence-corrected chi connectivity index (χ0v) is 11.1. The quantitative estimate of drug-likeness (QED) is 0.707. The predicted molar refractivity (Wildman–Crippen MR) is 76.5 cm³/mol. The maximum atomic E-state index is 6.24. The van der Waals surface area contributed by atoms with Gasteiger partial charge in [0.25, 0.3) is 0 Å². The fraction of sp³-hybridized carbons (Fsp3) is 0.0667. The zero-order valence-electron chi connectivity index (χ0n) is 10.3. The normalized spacial score (nSPS) is 10.6. The summed E-state index contributed by atoms with van der Waals surface area (Å²) in [6.07, 6.45) is 0. The van der Waals surface area contributed by atoms with Crippen molar-refractivity contribution >= 4 is 22.6 Å². The zero-order chi connectivity index (χ0) is 13.2. The molecule has 0 aliphatic rings. The number of aromatic nitrogens is 2. The molecule has 19 heavy (non-hydrogen) atoms. The van der Waals surface area contributed by atoms with Crippen molar-refractivity contribution in [1.82, 2.24) is 9.97 Å². The highest BCUT2D eigenvalue weighted by Crippen LogP contribution is 2.33. The molecule has 0 saturated heterocycles. The van der Waals surface area contributed by atoms with Crippen LogP contribution in [0.1, 0.15) is 0 Å². The van der Waals surface area contributed by atoms with Crippen molar-refractivity contribution in [1.29, 1.82) is 0 Å². The summed E-state index contributed by atoms with van der Waals surface area (Å²) >= 11 is 6.24. The number of hydrogen-bond acceptors (Lipinski definition) is 3. The van der Waals surface area contributed by atoms with Gasteiger partial charge in [-0.15, -0.1) is 0 Å². The van der Waals surface area contributed by atoms with Gasteiger partial charge in [-0.25, -0.2) is 9.97 Å². The van der Waals surface area contributed by atoms with E-state index in [9.17, 15) is 0 Å². The Bertz CT molecular complexity index is 743. The van der Waals surface area contributed by atoms with Crippen molar-refractivity contribution in [2.24, 2.45) is 0 Å². The van der Waals surface area contributed by atoms with Crippen LogP contribution in [0.4, 0.5) is 0 Å². The summed E-state index contributed by atoms with van der Waals surface area (Å²) in [5, 5.41) is 0.378. The molecule has 0 aliphatic heterocycles. The first-order chi connectivity index (χ1) is 9.29. The number of fused-ring (bicyclic) bond motifs is 1. The van der Waals surface area contributed by atoms with E-state index < -0.39 is 0 Å². The molecule has 3 aromatic rings. The standard InChI is InChI=1S/C15H11ClN2O/c1-19-13-9-5-2-6-10(13)14-15(16)18-12-8-4-3-7-11(12)17-14/h2-9H,1H3. The smallest absolute Gasteiger partial charge is 0.156 e. The van der Waals surface area contributed by atoms with E-state index in [4.69, 9.17) is 16.3 Å². The van der Waals surface area contributed by atoms with Crippen molar-refractivity contribution in [3.8, 4) is 17.0 Å². The molecule has 1 heterocycles. The molecule has 94 valence electrons. The number of methoxy groups -OCH3 is 1. The Morgan fingerprint density at radius 3 is 2.26 bits per heavy atom. The lowest BCUT2D eigenvalue weighted by Crippen LogP contribution is -1.94. The van der Waals surface area contributed by atoms with Gasteiger partial charge in [0.1, 0.15) is 11.4 Å². The van der Waals surface area contributed by atoms with Crippen LogP contribution in [0.2, 0.25) is 5.15 Å². The average Bonchev–Trinajstić information content (AvgIpc) is 2.46. The van der Waals surface area contributed by atoms with E-state index in [0.29, 0.717) is 10.8 Å². The second-order valence-electron chi connectivity index (χ2n) is 4.05. The summed E-state index contributed by atoms with van der Waals surface area (Å²) in [7, 11) is 1.63. The lowest BCUT2D eigenvalue weighted by Gasteiger charge is -2.09. The average molecular weight is 271 g/mol. The second-order valence-corrected chi connectivity index (χ2v) is 4.41. The minimum absolute atomic E-state index is 0.378. The van der Waals surface area contributed by atoms with Gasteiger partial charge in [0.05, 0.1) is 18.1 Å². The Kier molecular flexibility index (Phi) is 3.05. The highest BCUT2D eigenvalue weighted by atomic mass is 35.5. The van der Waals surface area contributed by atoms with Crippen LogP contribution >= 0.6 is 11.6 Å². The molecule has 0 fully saturated rings. The maximum Gasteiger partial charge on any atom is 0.156 e. The van der Waals surface area contributed by atoms with Crippen LogP contribution in [0.5, 0.6) is 5.75 Å². The van der Waals surface area contributed by atoms with Gasteiger partial charge in [0, 0.05) is 5.56 Å². The van der Waals surface area contributed by atoms with Crippen molar-refractivity contribution in [2.75, 3.05) is 7.11 Å². The molecule has 0 saturated carbocycles. The first-order valence-corrected chi connectivity index (χ1v) is 6.23. The molecule has 0 radical (unpaired) electrons. The van der Waals surface area contributed by atoms with Crippen molar-refractivity contribution in [2.45, 2.75) is 0 Å². The lowest BCUT2D eigenvalue weighted by molar-refractivity contribution is 0.416. The molecule has 0 bridgehead atoms. The van der Waals surface area contributed by atoms with Crippen LogP contribution < -0.4 is 4.74 Å². The van der Waals surface area contributed by atoms with Gasteiger partial charge in [0.15, 0.2) is 5.15 Å². The number of nitrogens with zero attached hydrogens (tertiary/aromatic N) is 2. The lowest BCUT2D eigenvalue weighted by atomic mass is 10.1. The third-order valence-electron chi connectivity index (χ3n) is 2.89. The van der Waals surface area contributed by atoms with Crippen molar-refractivity contribution < 1.29 is 4.74 Å². The molecule has 0 N–H and O–H groups in total. The third kappa shape index (κ3) is 2.13. The maximum absolute atomic E-state index is 6.24. The van der Waals surface area contributed by atoms with Gasteiger partial charge in [-0.05, 0) is 24.3 Å². The Hall–Kier alpha value is -2.13. The number of ether oxygens (including phenoxy) is 1. The van der Waals surface area contributed by atoms with E-state index in [1.807, 2.05) is 48.5 Å². The first kappa shape index (κ1) is 11.9. The fourth-order valence-electron chi connectivity index (χ4n) is 1.99. The molecule has 3 nitrogen and oxygen atoms in total. The molecule has 1 aromatic heterocycles. The molecule has 3 rings (SSSR count). The minimum atomic E-state index is 0.378. The van der Waals surface area contributed by atoms with E-state index in [1.165, 1.54) is 0 Å². The Labute approximate surface area is 115 Å². The van der Waals surface area contributed by atoms with Gasteiger partial charge >= 0.3 is 0 Å². The number of halogens is 1. The second kappa shape index (κ2) is 4.86.